The zero-order valence-corrected chi connectivity index (χ0v) is 32.5. The highest BCUT2D eigenvalue weighted by Gasteiger charge is 2.32. The number of imidazole rings is 1. The van der Waals surface area contributed by atoms with Gasteiger partial charge in [0.2, 0.25) is 35.4 Å². The van der Waals surface area contributed by atoms with Crippen LogP contribution in [0, 0.1) is 0 Å². The van der Waals surface area contributed by atoms with E-state index in [1.165, 1.54) is 19.6 Å². The van der Waals surface area contributed by atoms with Crippen molar-refractivity contribution >= 4 is 52.3 Å². The molecule has 0 radical (unpaired) electrons. The Morgan fingerprint density at radius 1 is 0.793 bits per heavy atom. The second-order valence-corrected chi connectivity index (χ2v) is 13.6. The minimum Gasteiger partial charge on any atom is -0.497 e. The Balaban J connectivity index is 1.63. The van der Waals surface area contributed by atoms with Crippen LogP contribution in [0.4, 0.5) is 0 Å². The summed E-state index contributed by atoms with van der Waals surface area (Å²) in [6.07, 6.45) is 5.76. The first-order chi connectivity index (χ1) is 27.9. The van der Waals surface area contributed by atoms with E-state index in [1.807, 2.05) is 31.2 Å². The minimum atomic E-state index is -1.25. The van der Waals surface area contributed by atoms with E-state index in [4.69, 9.17) is 21.9 Å². The molecule has 2 aromatic heterocycles. The van der Waals surface area contributed by atoms with Crippen molar-refractivity contribution in [2.45, 2.75) is 76.0 Å². The molecule has 4 aromatic rings. The third kappa shape index (κ3) is 13.7. The van der Waals surface area contributed by atoms with Gasteiger partial charge in [0.05, 0.1) is 20.0 Å². The number of hydrogen-bond acceptors (Lipinski definition) is 9. The number of nitrogens with two attached hydrogens (primary N) is 3. The molecule has 0 bridgehead atoms. The summed E-state index contributed by atoms with van der Waals surface area (Å²) in [5, 5.41) is 14.3. The molecule has 13 N–H and O–H groups in total. The zero-order chi connectivity index (χ0) is 42.0. The number of primary amides is 1. The molecule has 4 rings (SSSR count). The van der Waals surface area contributed by atoms with E-state index < -0.39 is 60.2 Å². The smallest absolute Gasteiger partial charge is 0.243 e. The molecule has 0 saturated carbocycles. The van der Waals surface area contributed by atoms with Crippen LogP contribution in [0.3, 0.4) is 0 Å². The van der Waals surface area contributed by atoms with E-state index in [2.05, 4.69) is 46.5 Å². The highest BCUT2D eigenvalue weighted by Crippen LogP contribution is 2.20. The topological polar surface area (TPSA) is 307 Å². The van der Waals surface area contributed by atoms with Gasteiger partial charge in [-0.2, -0.15) is 0 Å². The van der Waals surface area contributed by atoms with Gasteiger partial charge in [-0.05, 0) is 48.6 Å². The number of benzene rings is 2. The van der Waals surface area contributed by atoms with Crippen molar-refractivity contribution in [2.75, 3.05) is 20.2 Å². The van der Waals surface area contributed by atoms with Gasteiger partial charge in [-0.15, -0.1) is 0 Å². The van der Waals surface area contributed by atoms with Crippen molar-refractivity contribution in [2.24, 2.45) is 22.2 Å². The molecule has 58 heavy (non-hydrogen) atoms. The van der Waals surface area contributed by atoms with Gasteiger partial charge in [-0.1, -0.05) is 37.3 Å². The van der Waals surface area contributed by atoms with Crippen LogP contribution in [0.2, 0.25) is 0 Å². The number of aromatic amines is 2. The monoisotopic (exact) mass is 800 g/mol. The second-order valence-electron chi connectivity index (χ2n) is 13.6. The zero-order valence-electron chi connectivity index (χ0n) is 32.5. The molecule has 0 aliphatic heterocycles. The first-order valence-electron chi connectivity index (χ1n) is 18.8. The maximum atomic E-state index is 14.3. The number of amides is 6. The Kier molecular flexibility index (Phi) is 16.6. The first kappa shape index (κ1) is 43.8. The molecular formula is C39H52N12O7. The van der Waals surface area contributed by atoms with Crippen LogP contribution < -0.4 is 48.5 Å². The van der Waals surface area contributed by atoms with Crippen LogP contribution in [-0.2, 0) is 48.0 Å². The Bertz CT molecular complexity index is 2030. The number of para-hydroxylation sites is 1. The van der Waals surface area contributed by atoms with Gasteiger partial charge in [-0.3, -0.25) is 33.8 Å². The number of aromatic nitrogens is 3. The molecule has 6 amide bonds. The Labute approximate surface area is 335 Å². The number of carbonyl (C=O) groups is 6. The molecule has 0 fully saturated rings. The molecule has 19 heteroatoms. The van der Waals surface area contributed by atoms with E-state index in [0.29, 0.717) is 29.0 Å². The summed E-state index contributed by atoms with van der Waals surface area (Å²) in [5.41, 5.74) is 19.1. The summed E-state index contributed by atoms with van der Waals surface area (Å²) < 4.78 is 5.27. The van der Waals surface area contributed by atoms with Crippen LogP contribution in [0.25, 0.3) is 10.9 Å². The number of nitrogens with one attached hydrogen (secondary N) is 7. The van der Waals surface area contributed by atoms with Gasteiger partial charge >= 0.3 is 0 Å². The van der Waals surface area contributed by atoms with Crippen molar-refractivity contribution in [3.8, 4) is 5.75 Å². The number of fused-ring (bicyclic) bond motifs is 1. The number of guanidine groups is 1. The average molecular weight is 801 g/mol. The lowest BCUT2D eigenvalue weighted by atomic mass is 10.0. The average Bonchev–Trinajstić information content (AvgIpc) is 3.87. The van der Waals surface area contributed by atoms with E-state index in [9.17, 15) is 28.8 Å². The molecule has 0 unspecified atom stereocenters. The summed E-state index contributed by atoms with van der Waals surface area (Å²) >= 11 is 0. The van der Waals surface area contributed by atoms with E-state index in [-0.39, 0.29) is 56.9 Å². The van der Waals surface area contributed by atoms with E-state index >= 15 is 0 Å². The summed E-state index contributed by atoms with van der Waals surface area (Å²) in [4.78, 5) is 94.1. The van der Waals surface area contributed by atoms with Crippen LogP contribution in [0.1, 0.15) is 49.4 Å². The van der Waals surface area contributed by atoms with Crippen LogP contribution in [0.15, 0.2) is 72.2 Å². The van der Waals surface area contributed by atoms with Gasteiger partial charge in [0.15, 0.2) is 5.96 Å². The number of carbonyl (C=O) groups excluding carboxylic acids is 6. The molecule has 0 aliphatic carbocycles. The van der Waals surface area contributed by atoms with Gasteiger partial charge < -0.3 is 58.5 Å². The summed E-state index contributed by atoms with van der Waals surface area (Å²) in [7, 11) is 1.52. The quantitative estimate of drug-likeness (QED) is 0.0256. The van der Waals surface area contributed by atoms with Crippen molar-refractivity contribution in [3.63, 3.8) is 0 Å². The molecule has 4 atom stereocenters. The Morgan fingerprint density at radius 3 is 2.09 bits per heavy atom. The van der Waals surface area contributed by atoms with E-state index in [1.54, 1.807) is 30.5 Å². The van der Waals surface area contributed by atoms with Crippen LogP contribution in [-0.4, -0.2) is 101 Å². The van der Waals surface area contributed by atoms with Crippen molar-refractivity contribution < 1.29 is 33.5 Å². The van der Waals surface area contributed by atoms with Crippen molar-refractivity contribution in [1.82, 2.24) is 41.5 Å². The predicted molar refractivity (Wildman–Crippen MR) is 216 cm³/mol. The lowest BCUT2D eigenvalue weighted by Crippen LogP contribution is -2.59. The third-order valence-electron chi connectivity index (χ3n) is 9.09. The highest BCUT2D eigenvalue weighted by atomic mass is 16.5. The number of hydrogen-bond donors (Lipinski definition) is 10. The summed E-state index contributed by atoms with van der Waals surface area (Å²) in [5.74, 6) is -3.49. The lowest BCUT2D eigenvalue weighted by molar-refractivity contribution is -0.134. The largest absolute Gasteiger partial charge is 0.497 e. The number of ether oxygens (including phenoxy) is 1. The Hall–Kier alpha value is -6.92. The molecule has 19 nitrogen and oxygen atoms in total. The fourth-order valence-electron chi connectivity index (χ4n) is 6.14. The first-order valence-corrected chi connectivity index (χ1v) is 18.8. The summed E-state index contributed by atoms with van der Waals surface area (Å²) in [6, 6.07) is 9.50. The lowest BCUT2D eigenvalue weighted by Gasteiger charge is -2.27. The molecule has 310 valence electrons. The molecule has 2 heterocycles. The van der Waals surface area contributed by atoms with Gasteiger partial charge in [0.1, 0.15) is 29.9 Å². The molecule has 0 saturated heterocycles. The third-order valence-corrected chi connectivity index (χ3v) is 9.09. The Morgan fingerprint density at radius 2 is 1.45 bits per heavy atom. The standard InChI is InChI=1S/C39H52N12O7/c1-3-7-34(53)48-32(18-25-20-43-22-47-25)38(57)50-30(16-23-11-13-26(58-2)14-12-23)37(56)49-29(10-6-15-44-39(41)42)36(55)51-31(35(54)46-21-33(40)52)17-24-19-45-28-9-5-4-8-27(24)28/h4-5,8-9,11-14,19-20,22,29-32,45H,3,6-7,10,15-18,21H2,1-2H3,(H2,40,52)(H,43,47)(H,46,54)(H,48,53)(H,49,56)(H,50,57)(H,51,55)(H4,41,42,44)/t29-,30+,31-,32-/m0/s1. The van der Waals surface area contributed by atoms with Gasteiger partial charge in [0, 0.05) is 61.2 Å². The van der Waals surface area contributed by atoms with Crippen LogP contribution >= 0.6 is 0 Å². The second kappa shape index (κ2) is 22.0. The number of rotatable bonds is 23. The van der Waals surface area contributed by atoms with Crippen molar-refractivity contribution in [3.05, 3.63) is 84.1 Å². The highest BCUT2D eigenvalue weighted by molar-refractivity contribution is 5.96. The van der Waals surface area contributed by atoms with Crippen LogP contribution in [0.5, 0.6) is 5.75 Å². The van der Waals surface area contributed by atoms with E-state index in [0.717, 1.165) is 10.9 Å². The fraction of sp³-hybridized carbons (Fsp3) is 0.385. The fourth-order valence-corrected chi connectivity index (χ4v) is 6.14. The predicted octanol–water partition coefficient (Wildman–Crippen LogP) is -0.678. The maximum Gasteiger partial charge on any atom is 0.243 e. The number of methoxy groups -OCH3 is 1. The normalized spacial score (nSPS) is 12.9. The molecule has 0 aliphatic rings. The van der Waals surface area contributed by atoms with Gasteiger partial charge in [-0.25, -0.2) is 4.98 Å². The molecule has 0 spiro atoms. The maximum absolute atomic E-state index is 14.3. The molecule has 2 aromatic carbocycles. The number of nitrogens with zero attached hydrogens (tertiary/aromatic N) is 2. The summed E-state index contributed by atoms with van der Waals surface area (Å²) in [6.45, 7) is 1.49. The minimum absolute atomic E-state index is 0.0116. The SMILES string of the molecule is CCCC(=O)N[C@@H](Cc1cnc[nH]1)C(=O)N[C@H](Cc1ccc(OC)cc1)C(=O)N[C@@H](CCCN=C(N)N)C(=O)N[C@@H](Cc1c[nH]c2ccccc12)C(=O)NCC(N)=O. The number of H-pyrrole nitrogens is 2. The van der Waals surface area contributed by atoms with Crippen molar-refractivity contribution in [1.29, 1.82) is 0 Å². The molecular weight excluding hydrogens is 749 g/mol. The number of aliphatic imine (C=N–C) groups is 1. The van der Waals surface area contributed by atoms with Gasteiger partial charge in [0.25, 0.3) is 0 Å².